The molecule has 4 heteroatoms. The number of rotatable bonds is 1. The van der Waals surface area contributed by atoms with Crippen LogP contribution in [-0.4, -0.2) is 30.1 Å². The summed E-state index contributed by atoms with van der Waals surface area (Å²) < 4.78 is 5.25. The van der Waals surface area contributed by atoms with Crippen molar-refractivity contribution in [1.82, 2.24) is 0 Å². The maximum atomic E-state index is 14.3. The summed E-state index contributed by atoms with van der Waals surface area (Å²) in [6.07, 6.45) is 10.5. The summed E-state index contributed by atoms with van der Waals surface area (Å²) in [5, 5.41) is 10.9. The molecule has 5 aliphatic rings. The van der Waals surface area contributed by atoms with Crippen LogP contribution in [0.3, 0.4) is 0 Å². The van der Waals surface area contributed by atoms with Crippen LogP contribution in [0.1, 0.15) is 106 Å². The predicted molar refractivity (Wildman–Crippen MR) is 137 cm³/mol. The number of allylic oxidation sites excluding steroid dienone is 2. The first-order valence-corrected chi connectivity index (χ1v) is 14.1. The molecule has 5 rings (SSSR count). The number of esters is 1. The van der Waals surface area contributed by atoms with Gasteiger partial charge in [0, 0.05) is 5.92 Å². The van der Waals surface area contributed by atoms with Crippen molar-refractivity contribution in [3.63, 3.8) is 0 Å². The van der Waals surface area contributed by atoms with Gasteiger partial charge in [0.05, 0.1) is 18.6 Å². The van der Waals surface area contributed by atoms with Crippen molar-refractivity contribution < 1.29 is 19.4 Å². The third-order valence-electron chi connectivity index (χ3n) is 13.2. The lowest BCUT2D eigenvalue weighted by atomic mass is 9.33. The van der Waals surface area contributed by atoms with Crippen molar-refractivity contribution in [3.8, 4) is 0 Å². The topological polar surface area (TPSA) is 63.6 Å². The molecular formula is C31H48O4. The largest absolute Gasteiger partial charge is 0.469 e. The standard InChI is InChI=1S/C31H48O4/c1-26(2)22-9-12-31(7)24(29(22,5)11-10-23(26)33)21(32)17-19-20-18-28(4,25(34)35-8)14-13-27(20,3)15-16-30(19,31)6/h17,20,22-24,33H,9-16,18H2,1-8H3/t20-,22-,23-,24+,27+,28-,29-,30+,31+/m0/s1. The van der Waals surface area contributed by atoms with Gasteiger partial charge in [0.2, 0.25) is 0 Å². The molecule has 4 saturated carbocycles. The first kappa shape index (κ1) is 25.5. The lowest BCUT2D eigenvalue weighted by Gasteiger charge is -2.70. The second kappa shape index (κ2) is 7.45. The van der Waals surface area contributed by atoms with Crippen molar-refractivity contribution in [1.29, 1.82) is 0 Å². The minimum atomic E-state index is -0.480. The number of methoxy groups -OCH3 is 1. The van der Waals surface area contributed by atoms with Crippen molar-refractivity contribution in [2.24, 2.45) is 50.2 Å². The highest BCUT2D eigenvalue weighted by Gasteiger charge is 2.70. The normalized spacial score (nSPS) is 52.8. The van der Waals surface area contributed by atoms with Crippen LogP contribution in [-0.2, 0) is 14.3 Å². The highest BCUT2D eigenvalue weighted by atomic mass is 16.5. The third-order valence-corrected chi connectivity index (χ3v) is 13.2. The van der Waals surface area contributed by atoms with Crippen molar-refractivity contribution in [3.05, 3.63) is 11.6 Å². The van der Waals surface area contributed by atoms with Crippen LogP contribution in [0.15, 0.2) is 11.6 Å². The van der Waals surface area contributed by atoms with Gasteiger partial charge in [0.1, 0.15) is 0 Å². The van der Waals surface area contributed by atoms with Gasteiger partial charge >= 0.3 is 5.97 Å². The lowest BCUT2D eigenvalue weighted by molar-refractivity contribution is -0.202. The molecule has 0 saturated heterocycles. The summed E-state index contributed by atoms with van der Waals surface area (Å²) in [5.41, 5.74) is 0.590. The van der Waals surface area contributed by atoms with Crippen LogP contribution in [0, 0.1) is 50.2 Å². The molecule has 35 heavy (non-hydrogen) atoms. The number of aliphatic hydroxyl groups is 1. The third kappa shape index (κ3) is 3.07. The highest BCUT2D eigenvalue weighted by Crippen LogP contribution is 2.75. The summed E-state index contributed by atoms with van der Waals surface area (Å²) in [5.74, 6) is 0.805. The molecule has 9 atom stereocenters. The van der Waals surface area contributed by atoms with Gasteiger partial charge in [-0.2, -0.15) is 0 Å². The van der Waals surface area contributed by atoms with E-state index in [1.165, 1.54) is 12.7 Å². The van der Waals surface area contributed by atoms with Crippen molar-refractivity contribution in [2.45, 2.75) is 112 Å². The molecule has 196 valence electrons. The van der Waals surface area contributed by atoms with Gasteiger partial charge in [-0.3, -0.25) is 9.59 Å². The number of carbonyl (C=O) groups excluding carboxylic acids is 2. The second-order valence-corrected chi connectivity index (χ2v) is 15.1. The zero-order valence-electron chi connectivity index (χ0n) is 23.4. The number of hydrogen-bond donors (Lipinski definition) is 1. The molecule has 0 spiro atoms. The van der Waals surface area contributed by atoms with Crippen LogP contribution >= 0.6 is 0 Å². The Kier molecular flexibility index (Phi) is 5.43. The Balaban J connectivity index is 1.61. The molecule has 0 radical (unpaired) electrons. The molecule has 4 fully saturated rings. The minimum absolute atomic E-state index is 0.00536. The van der Waals surface area contributed by atoms with Crippen LogP contribution in [0.25, 0.3) is 0 Å². The van der Waals surface area contributed by atoms with E-state index in [-0.39, 0.29) is 51.0 Å². The molecule has 0 unspecified atom stereocenters. The Morgan fingerprint density at radius 1 is 0.943 bits per heavy atom. The molecule has 5 aliphatic carbocycles. The zero-order chi connectivity index (χ0) is 25.8. The van der Waals surface area contributed by atoms with E-state index in [4.69, 9.17) is 4.74 Å². The molecule has 0 aromatic rings. The maximum absolute atomic E-state index is 14.3. The molecule has 0 aliphatic heterocycles. The zero-order valence-corrected chi connectivity index (χ0v) is 23.4. The van der Waals surface area contributed by atoms with Crippen LogP contribution in [0.4, 0.5) is 0 Å². The number of carbonyl (C=O) groups is 2. The van der Waals surface area contributed by atoms with Gasteiger partial charge in [-0.05, 0) is 110 Å². The van der Waals surface area contributed by atoms with Crippen molar-refractivity contribution >= 4 is 11.8 Å². The smallest absolute Gasteiger partial charge is 0.311 e. The predicted octanol–water partition coefficient (Wildman–Crippen LogP) is 6.50. The molecule has 1 N–H and O–H groups in total. The minimum Gasteiger partial charge on any atom is -0.469 e. The van der Waals surface area contributed by atoms with E-state index in [0.29, 0.717) is 11.7 Å². The Bertz CT molecular complexity index is 980. The first-order chi connectivity index (χ1) is 16.1. The second-order valence-electron chi connectivity index (χ2n) is 15.1. The number of fused-ring (bicyclic) bond motifs is 7. The number of ketones is 1. The van der Waals surface area contributed by atoms with Crippen LogP contribution in [0.5, 0.6) is 0 Å². The number of aliphatic hydroxyl groups excluding tert-OH is 1. The van der Waals surface area contributed by atoms with Gasteiger partial charge < -0.3 is 9.84 Å². The Morgan fingerprint density at radius 2 is 1.60 bits per heavy atom. The molecule has 0 aromatic carbocycles. The van der Waals surface area contributed by atoms with E-state index in [1.807, 2.05) is 0 Å². The van der Waals surface area contributed by atoms with Gasteiger partial charge in [-0.1, -0.05) is 47.1 Å². The summed E-state index contributed by atoms with van der Waals surface area (Å²) in [4.78, 5) is 27.1. The Hall–Kier alpha value is -1.16. The van der Waals surface area contributed by atoms with E-state index in [9.17, 15) is 14.7 Å². The molecule has 0 bridgehead atoms. The van der Waals surface area contributed by atoms with Gasteiger partial charge in [0.15, 0.2) is 5.78 Å². The average molecular weight is 485 g/mol. The maximum Gasteiger partial charge on any atom is 0.311 e. The quantitative estimate of drug-likeness (QED) is 0.431. The van der Waals surface area contributed by atoms with E-state index in [1.54, 1.807) is 0 Å². The Morgan fingerprint density at radius 3 is 2.26 bits per heavy atom. The molecule has 4 nitrogen and oxygen atoms in total. The van der Waals surface area contributed by atoms with E-state index in [0.717, 1.165) is 57.8 Å². The van der Waals surface area contributed by atoms with Gasteiger partial charge in [-0.25, -0.2) is 0 Å². The van der Waals surface area contributed by atoms with Crippen LogP contribution < -0.4 is 0 Å². The summed E-state index contributed by atoms with van der Waals surface area (Å²) in [6.45, 7) is 16.2. The monoisotopic (exact) mass is 484 g/mol. The average Bonchev–Trinajstić information content (AvgIpc) is 2.78. The van der Waals surface area contributed by atoms with E-state index >= 15 is 0 Å². The first-order valence-electron chi connectivity index (χ1n) is 14.1. The van der Waals surface area contributed by atoms with E-state index < -0.39 is 5.41 Å². The van der Waals surface area contributed by atoms with Crippen molar-refractivity contribution in [2.75, 3.05) is 7.11 Å². The molecular weight excluding hydrogens is 436 g/mol. The number of ether oxygens (including phenoxy) is 1. The lowest BCUT2D eigenvalue weighted by Crippen LogP contribution is -2.66. The fourth-order valence-electron chi connectivity index (χ4n) is 10.6. The highest BCUT2D eigenvalue weighted by molar-refractivity contribution is 5.95. The summed E-state index contributed by atoms with van der Waals surface area (Å²) >= 11 is 0. The van der Waals surface area contributed by atoms with Gasteiger partial charge in [0.25, 0.3) is 0 Å². The summed E-state index contributed by atoms with van der Waals surface area (Å²) in [6, 6.07) is 0. The fraction of sp³-hybridized carbons (Fsp3) is 0.871. The molecule has 0 aromatic heterocycles. The fourth-order valence-corrected chi connectivity index (χ4v) is 10.6. The summed E-state index contributed by atoms with van der Waals surface area (Å²) in [7, 11) is 1.50. The molecule has 0 heterocycles. The SMILES string of the molecule is COC(=O)[C@@]1(C)CC[C@]2(C)CC[C@]3(C)C(=CC(=O)[C@@H]4[C@@]5(C)CC[C@H](O)C(C)(C)[C@@H]5CC[C@]43C)[C@@H]2C1. The van der Waals surface area contributed by atoms with Crippen LogP contribution in [0.2, 0.25) is 0 Å². The Labute approximate surface area is 212 Å². The number of hydrogen-bond acceptors (Lipinski definition) is 4. The van der Waals surface area contributed by atoms with Gasteiger partial charge in [-0.15, -0.1) is 0 Å². The van der Waals surface area contributed by atoms with E-state index in [2.05, 4.69) is 54.5 Å². The molecule has 0 amide bonds.